The number of nitrogens with one attached hydrogen (secondary N) is 1. The van der Waals surface area contributed by atoms with Crippen molar-refractivity contribution in [2.45, 2.75) is 43.7 Å². The molecule has 2 aliphatic heterocycles. The van der Waals surface area contributed by atoms with E-state index in [9.17, 15) is 9.59 Å². The van der Waals surface area contributed by atoms with E-state index in [1.807, 2.05) is 12.1 Å². The Kier molecular flexibility index (Phi) is 3.58. The zero-order valence-corrected chi connectivity index (χ0v) is 13.6. The topological polar surface area (TPSA) is 58.6 Å². The molecule has 23 heavy (non-hydrogen) atoms. The highest BCUT2D eigenvalue weighted by Crippen LogP contribution is 2.42. The molecule has 6 heteroatoms. The van der Waals surface area contributed by atoms with Gasteiger partial charge in [-0.15, -0.1) is 0 Å². The molecular weight excluding hydrogens is 316 g/mol. The molecule has 0 saturated carbocycles. The van der Waals surface area contributed by atoms with E-state index in [4.69, 9.17) is 16.3 Å². The summed E-state index contributed by atoms with van der Waals surface area (Å²) < 4.78 is 5.59. The van der Waals surface area contributed by atoms with Gasteiger partial charge in [-0.25, -0.2) is 4.79 Å². The molecule has 1 aromatic rings. The van der Waals surface area contributed by atoms with E-state index in [1.165, 1.54) is 4.90 Å². The van der Waals surface area contributed by atoms with Crippen molar-refractivity contribution in [1.82, 2.24) is 10.2 Å². The van der Waals surface area contributed by atoms with Crippen LogP contribution in [0.25, 0.3) is 0 Å². The molecule has 5 nitrogen and oxygen atoms in total. The number of hydrogen-bond donors (Lipinski definition) is 1. The van der Waals surface area contributed by atoms with Gasteiger partial charge in [-0.2, -0.15) is 0 Å². The van der Waals surface area contributed by atoms with E-state index < -0.39 is 5.54 Å². The van der Waals surface area contributed by atoms with Crippen LogP contribution in [0.2, 0.25) is 5.02 Å². The molecule has 1 aliphatic carbocycles. The van der Waals surface area contributed by atoms with Crippen LogP contribution in [-0.4, -0.2) is 36.1 Å². The Balaban J connectivity index is 1.56. The summed E-state index contributed by atoms with van der Waals surface area (Å²) >= 11 is 6.04. The molecule has 2 heterocycles. The lowest BCUT2D eigenvalue weighted by atomic mass is 9.92. The molecule has 3 aliphatic rings. The van der Waals surface area contributed by atoms with E-state index in [1.54, 1.807) is 6.07 Å². The van der Waals surface area contributed by atoms with Crippen LogP contribution in [-0.2, 0) is 21.5 Å². The summed E-state index contributed by atoms with van der Waals surface area (Å²) in [7, 11) is 0. The maximum absolute atomic E-state index is 13.0. The van der Waals surface area contributed by atoms with Gasteiger partial charge in [-0.05, 0) is 55.4 Å². The molecule has 0 radical (unpaired) electrons. The highest BCUT2D eigenvalue weighted by molar-refractivity contribution is 6.30. The number of carbonyl (C=O) groups is 2. The second kappa shape index (κ2) is 5.49. The average molecular weight is 335 g/mol. The number of nitrogens with zero attached hydrogens (tertiary/aromatic N) is 1. The number of ether oxygens (including phenoxy) is 1. The zero-order valence-electron chi connectivity index (χ0n) is 12.8. The lowest BCUT2D eigenvalue weighted by molar-refractivity contribution is -0.131. The van der Waals surface area contributed by atoms with Crippen molar-refractivity contribution < 1.29 is 14.3 Å². The number of benzene rings is 1. The summed E-state index contributed by atoms with van der Waals surface area (Å²) in [5, 5.41) is 3.59. The van der Waals surface area contributed by atoms with Crippen molar-refractivity contribution in [3.8, 4) is 0 Å². The number of fused-ring (bicyclic) bond motifs is 2. The average Bonchev–Trinajstić information content (AvgIpc) is 3.20. The summed E-state index contributed by atoms with van der Waals surface area (Å²) in [6.07, 6.45) is 4.30. The maximum Gasteiger partial charge on any atom is 0.325 e. The van der Waals surface area contributed by atoms with Gasteiger partial charge in [0.15, 0.2) is 0 Å². The van der Waals surface area contributed by atoms with E-state index >= 15 is 0 Å². The number of hydrogen-bond acceptors (Lipinski definition) is 3. The number of imide groups is 1. The van der Waals surface area contributed by atoms with Crippen LogP contribution in [0.5, 0.6) is 0 Å². The normalized spacial score (nSPS) is 29.4. The second-order valence-electron chi connectivity index (χ2n) is 6.52. The van der Waals surface area contributed by atoms with Crippen molar-refractivity contribution in [1.29, 1.82) is 0 Å². The van der Waals surface area contributed by atoms with Gasteiger partial charge in [0.2, 0.25) is 0 Å². The third-order valence-electron chi connectivity index (χ3n) is 5.17. The quantitative estimate of drug-likeness (QED) is 0.864. The number of aryl methyl sites for hydroxylation is 1. The molecule has 3 amide bonds. The summed E-state index contributed by atoms with van der Waals surface area (Å²) in [6, 6.07) is 5.24. The number of halogens is 1. The first-order valence-corrected chi connectivity index (χ1v) is 8.52. The zero-order chi connectivity index (χ0) is 16.0. The summed E-state index contributed by atoms with van der Waals surface area (Å²) in [6.45, 7) is 1.20. The van der Waals surface area contributed by atoms with Crippen LogP contribution < -0.4 is 5.32 Å². The van der Waals surface area contributed by atoms with Crippen molar-refractivity contribution in [2.24, 2.45) is 0 Å². The van der Waals surface area contributed by atoms with Gasteiger partial charge in [0.05, 0.1) is 6.10 Å². The number of amides is 3. The van der Waals surface area contributed by atoms with Crippen LogP contribution in [0.4, 0.5) is 4.79 Å². The molecule has 2 saturated heterocycles. The predicted molar refractivity (Wildman–Crippen MR) is 85.3 cm³/mol. The Morgan fingerprint density at radius 2 is 2.26 bits per heavy atom. The lowest BCUT2D eigenvalue weighted by Gasteiger charge is -2.22. The van der Waals surface area contributed by atoms with Crippen LogP contribution in [0.1, 0.15) is 36.8 Å². The van der Waals surface area contributed by atoms with Crippen molar-refractivity contribution in [2.75, 3.05) is 13.2 Å². The highest BCUT2D eigenvalue weighted by atomic mass is 35.5. The third kappa shape index (κ3) is 2.34. The first-order chi connectivity index (χ1) is 11.1. The Labute approximate surface area is 139 Å². The largest absolute Gasteiger partial charge is 0.378 e. The minimum atomic E-state index is -0.895. The minimum Gasteiger partial charge on any atom is -0.378 e. The Bertz CT molecular complexity index is 672. The van der Waals surface area contributed by atoms with E-state index in [2.05, 4.69) is 5.32 Å². The molecule has 1 spiro atoms. The highest BCUT2D eigenvalue weighted by Gasteiger charge is 2.55. The minimum absolute atomic E-state index is 0.137. The van der Waals surface area contributed by atoms with Crippen LogP contribution in [0.15, 0.2) is 18.2 Å². The van der Waals surface area contributed by atoms with E-state index in [0.29, 0.717) is 24.4 Å². The van der Waals surface area contributed by atoms with Gasteiger partial charge in [0.25, 0.3) is 5.91 Å². The monoisotopic (exact) mass is 334 g/mol. The van der Waals surface area contributed by atoms with Gasteiger partial charge in [0, 0.05) is 18.2 Å². The Morgan fingerprint density at radius 1 is 1.39 bits per heavy atom. The van der Waals surface area contributed by atoms with E-state index in [0.717, 1.165) is 37.0 Å². The molecule has 4 rings (SSSR count). The smallest absolute Gasteiger partial charge is 0.325 e. The number of rotatable bonds is 3. The fraction of sp³-hybridized carbons (Fsp3) is 0.529. The number of carbonyl (C=O) groups excluding carboxylic acids is 2. The molecule has 1 N–H and O–H groups in total. The second-order valence-corrected chi connectivity index (χ2v) is 6.95. The molecule has 2 fully saturated rings. The van der Waals surface area contributed by atoms with Gasteiger partial charge < -0.3 is 10.1 Å². The molecule has 122 valence electrons. The SMILES string of the molecule is O=C1NC2(CCc3cc(Cl)ccc32)C(=O)N1CCC1CCCO1. The molecule has 0 aromatic heterocycles. The lowest BCUT2D eigenvalue weighted by Crippen LogP contribution is -2.42. The van der Waals surface area contributed by atoms with Gasteiger partial charge in [-0.3, -0.25) is 9.69 Å². The summed E-state index contributed by atoms with van der Waals surface area (Å²) in [5.74, 6) is -0.137. The molecular formula is C17H19ClN2O3. The van der Waals surface area contributed by atoms with Gasteiger partial charge in [-0.1, -0.05) is 17.7 Å². The third-order valence-corrected chi connectivity index (χ3v) is 5.41. The Hall–Kier alpha value is -1.59. The first kappa shape index (κ1) is 15.0. The fourth-order valence-electron chi connectivity index (χ4n) is 3.97. The Morgan fingerprint density at radius 3 is 3.04 bits per heavy atom. The van der Waals surface area contributed by atoms with Crippen LogP contribution in [0, 0.1) is 0 Å². The molecule has 2 atom stereocenters. The molecule has 0 bridgehead atoms. The first-order valence-electron chi connectivity index (χ1n) is 8.15. The van der Waals surface area contributed by atoms with Crippen molar-refractivity contribution in [3.63, 3.8) is 0 Å². The predicted octanol–water partition coefficient (Wildman–Crippen LogP) is 2.60. The van der Waals surface area contributed by atoms with Gasteiger partial charge >= 0.3 is 6.03 Å². The molecule has 2 unspecified atom stereocenters. The summed E-state index contributed by atoms with van der Waals surface area (Å²) in [5.41, 5.74) is 1.04. The van der Waals surface area contributed by atoms with Crippen LogP contribution in [0.3, 0.4) is 0 Å². The molecule has 1 aromatic carbocycles. The van der Waals surface area contributed by atoms with Crippen molar-refractivity contribution in [3.05, 3.63) is 34.3 Å². The number of urea groups is 1. The van der Waals surface area contributed by atoms with Crippen LogP contribution >= 0.6 is 11.6 Å². The van der Waals surface area contributed by atoms with Gasteiger partial charge in [0.1, 0.15) is 5.54 Å². The van der Waals surface area contributed by atoms with Crippen molar-refractivity contribution >= 4 is 23.5 Å². The fourth-order valence-corrected chi connectivity index (χ4v) is 4.16. The maximum atomic E-state index is 13.0. The van der Waals surface area contributed by atoms with E-state index in [-0.39, 0.29) is 18.0 Å². The standard InChI is InChI=1S/C17H19ClN2O3/c18-12-3-4-14-11(10-12)5-7-17(14)15(21)20(16(22)19-17)8-6-13-2-1-9-23-13/h3-4,10,13H,1-2,5-9H2,(H,19,22). The summed E-state index contributed by atoms with van der Waals surface area (Å²) in [4.78, 5) is 26.7.